The standard InChI is InChI=1S/C10H14N5O7P.2C6H6N2O/c11-8-5-9(13-2-12-8)15(3-14-5)10-7(17)6(16)4(22-10)1-21-23(18,19)20;2*7-6(9)5-2-1-3-8-4-5/h2-4,6-7,10,16-17H,1H2,(H2,11,12,13)(H2,18,19,20);2*1-4H,(H2,7,9)/t4-,6-,7-,10-;;/m1../s1. The minimum atomic E-state index is -4.72. The second-order valence-electron chi connectivity index (χ2n) is 8.13. The minimum absolute atomic E-state index is 0.142. The molecule has 0 spiro atoms. The average Bonchev–Trinajstić information content (AvgIpc) is 3.50. The van der Waals surface area contributed by atoms with Crippen LogP contribution in [0.3, 0.4) is 0 Å². The molecule has 19 heteroatoms. The number of primary amides is 2. The molecule has 0 aromatic carbocycles. The van der Waals surface area contributed by atoms with Crippen LogP contribution in [0.2, 0.25) is 0 Å². The summed E-state index contributed by atoms with van der Waals surface area (Å²) in [6, 6.07) is 6.57. The average molecular weight is 591 g/mol. The van der Waals surface area contributed by atoms with Gasteiger partial charge in [-0.3, -0.25) is 28.6 Å². The highest BCUT2D eigenvalue weighted by Gasteiger charge is 2.45. The van der Waals surface area contributed by atoms with E-state index in [1.165, 1.54) is 29.6 Å². The Bertz CT molecular complexity index is 1450. The molecule has 1 aliphatic heterocycles. The van der Waals surface area contributed by atoms with Crippen molar-refractivity contribution in [1.82, 2.24) is 29.5 Å². The number of carbonyl (C=O) groups is 2. The maximum Gasteiger partial charge on any atom is 0.469 e. The number of aliphatic hydroxyl groups is 2. The molecule has 41 heavy (non-hydrogen) atoms. The molecule has 0 unspecified atom stereocenters. The van der Waals surface area contributed by atoms with E-state index in [4.69, 9.17) is 31.7 Å². The van der Waals surface area contributed by atoms with Gasteiger partial charge in [-0.05, 0) is 24.3 Å². The van der Waals surface area contributed by atoms with Crippen LogP contribution < -0.4 is 17.2 Å². The topological polar surface area (TPSA) is 298 Å². The van der Waals surface area contributed by atoms with Crippen LogP contribution in [-0.2, 0) is 13.8 Å². The van der Waals surface area contributed by atoms with Crippen molar-refractivity contribution in [1.29, 1.82) is 0 Å². The molecule has 0 aliphatic carbocycles. The molecular formula is C22H26N9O9P. The number of phosphoric acid groups is 1. The van der Waals surface area contributed by atoms with Crippen molar-refractivity contribution < 1.29 is 43.4 Å². The zero-order valence-corrected chi connectivity index (χ0v) is 21.9. The molecule has 0 bridgehead atoms. The summed E-state index contributed by atoms with van der Waals surface area (Å²) in [5, 5.41) is 20.1. The van der Waals surface area contributed by atoms with Crippen LogP contribution in [0.5, 0.6) is 0 Å². The number of nitrogens with zero attached hydrogens (tertiary/aromatic N) is 6. The number of fused-ring (bicyclic) bond motifs is 1. The van der Waals surface area contributed by atoms with Gasteiger partial charge in [0.1, 0.15) is 30.2 Å². The van der Waals surface area contributed by atoms with Gasteiger partial charge in [-0.1, -0.05) is 0 Å². The van der Waals surface area contributed by atoms with Gasteiger partial charge in [0.15, 0.2) is 17.7 Å². The monoisotopic (exact) mass is 591 g/mol. The molecule has 5 heterocycles. The number of hydrogen-bond acceptors (Lipinski definition) is 13. The first-order chi connectivity index (χ1) is 19.4. The highest BCUT2D eigenvalue weighted by atomic mass is 31.2. The van der Waals surface area contributed by atoms with Crippen molar-refractivity contribution >= 4 is 36.6 Å². The van der Waals surface area contributed by atoms with Gasteiger partial charge in [0.25, 0.3) is 0 Å². The van der Waals surface area contributed by atoms with E-state index in [1.54, 1.807) is 36.7 Å². The van der Waals surface area contributed by atoms with Gasteiger partial charge in [-0.25, -0.2) is 19.5 Å². The number of aliphatic hydroxyl groups excluding tert-OH is 2. The number of nitrogen functional groups attached to an aromatic ring is 1. The highest BCUT2D eigenvalue weighted by Crippen LogP contribution is 2.38. The first-order valence-electron chi connectivity index (χ1n) is 11.4. The minimum Gasteiger partial charge on any atom is -0.387 e. The SMILES string of the molecule is NC(=O)c1cccnc1.NC(=O)c1cccnc1.Nc1ncnc2c1ncn2[C@@H]1O[C@H](COP(=O)(O)O)[C@@H](O)[C@H]1O. The third-order valence-electron chi connectivity index (χ3n) is 5.30. The number of rotatable bonds is 6. The Morgan fingerprint density at radius 2 is 1.56 bits per heavy atom. The Hall–Kier alpha value is -4.42. The smallest absolute Gasteiger partial charge is 0.387 e. The second kappa shape index (κ2) is 13.8. The van der Waals surface area contributed by atoms with Gasteiger partial charge >= 0.3 is 7.82 Å². The van der Waals surface area contributed by atoms with E-state index >= 15 is 0 Å². The number of pyridine rings is 2. The van der Waals surface area contributed by atoms with E-state index in [0.717, 1.165) is 0 Å². The molecule has 10 N–H and O–H groups in total. The summed E-state index contributed by atoms with van der Waals surface area (Å²) in [6.45, 7) is -0.594. The van der Waals surface area contributed by atoms with E-state index in [0.29, 0.717) is 16.6 Å². The zero-order valence-electron chi connectivity index (χ0n) is 21.0. The van der Waals surface area contributed by atoms with Crippen molar-refractivity contribution in [3.63, 3.8) is 0 Å². The molecule has 4 aromatic heterocycles. The van der Waals surface area contributed by atoms with Gasteiger partial charge in [0.05, 0.1) is 24.1 Å². The number of imidazole rings is 1. The zero-order chi connectivity index (χ0) is 30.2. The number of carbonyl (C=O) groups excluding carboxylic acids is 2. The molecule has 1 aliphatic rings. The van der Waals surface area contributed by atoms with E-state index in [9.17, 15) is 24.4 Å². The van der Waals surface area contributed by atoms with Gasteiger partial charge in [0, 0.05) is 24.8 Å². The molecular weight excluding hydrogens is 565 g/mol. The Balaban J connectivity index is 0.000000210. The lowest BCUT2D eigenvalue weighted by molar-refractivity contribution is -0.0504. The number of nitrogens with two attached hydrogens (primary N) is 3. The molecule has 2 amide bonds. The molecule has 4 atom stereocenters. The van der Waals surface area contributed by atoms with Crippen LogP contribution >= 0.6 is 7.82 Å². The molecule has 5 rings (SSSR count). The van der Waals surface area contributed by atoms with Gasteiger partial charge in [0.2, 0.25) is 11.8 Å². The lowest BCUT2D eigenvalue weighted by Gasteiger charge is -2.16. The van der Waals surface area contributed by atoms with Gasteiger partial charge in [-0.2, -0.15) is 0 Å². The summed E-state index contributed by atoms with van der Waals surface area (Å²) < 4.78 is 21.8. The van der Waals surface area contributed by atoms with Crippen molar-refractivity contribution in [2.45, 2.75) is 24.5 Å². The molecule has 0 saturated carbocycles. The Morgan fingerprint density at radius 3 is 2.02 bits per heavy atom. The number of hydrogen-bond donors (Lipinski definition) is 7. The Morgan fingerprint density at radius 1 is 0.976 bits per heavy atom. The van der Waals surface area contributed by atoms with E-state index < -0.39 is 50.8 Å². The van der Waals surface area contributed by atoms with Gasteiger partial charge in [-0.15, -0.1) is 0 Å². The quantitative estimate of drug-likeness (QED) is 0.125. The fourth-order valence-corrected chi connectivity index (χ4v) is 3.68. The molecule has 1 saturated heterocycles. The molecule has 4 aromatic rings. The molecule has 18 nitrogen and oxygen atoms in total. The summed E-state index contributed by atoms with van der Waals surface area (Å²) in [4.78, 5) is 57.4. The lowest BCUT2D eigenvalue weighted by Crippen LogP contribution is -2.33. The van der Waals surface area contributed by atoms with Crippen LogP contribution in [0, 0.1) is 0 Å². The fraction of sp³-hybridized carbons (Fsp3) is 0.227. The number of ether oxygens (including phenoxy) is 1. The van der Waals surface area contributed by atoms with Crippen molar-refractivity contribution in [2.75, 3.05) is 12.3 Å². The van der Waals surface area contributed by atoms with Crippen LogP contribution in [0.25, 0.3) is 11.2 Å². The number of aromatic nitrogens is 6. The molecule has 0 radical (unpaired) electrons. The highest BCUT2D eigenvalue weighted by molar-refractivity contribution is 7.46. The number of phosphoric ester groups is 1. The molecule has 218 valence electrons. The van der Waals surface area contributed by atoms with Crippen molar-refractivity contribution in [2.24, 2.45) is 11.5 Å². The van der Waals surface area contributed by atoms with E-state index in [2.05, 4.69) is 29.4 Å². The largest absolute Gasteiger partial charge is 0.469 e. The lowest BCUT2D eigenvalue weighted by atomic mass is 10.1. The van der Waals surface area contributed by atoms with Gasteiger partial charge < -0.3 is 41.9 Å². The fourth-order valence-electron chi connectivity index (χ4n) is 3.34. The molecule has 1 fully saturated rings. The third-order valence-corrected chi connectivity index (χ3v) is 5.78. The predicted molar refractivity (Wildman–Crippen MR) is 139 cm³/mol. The second-order valence-corrected chi connectivity index (χ2v) is 9.37. The van der Waals surface area contributed by atoms with Crippen molar-refractivity contribution in [3.05, 3.63) is 72.8 Å². The van der Waals surface area contributed by atoms with Crippen LogP contribution in [0.15, 0.2) is 61.7 Å². The Kier molecular flexibility index (Phi) is 10.5. The van der Waals surface area contributed by atoms with Crippen LogP contribution in [0.1, 0.15) is 26.9 Å². The summed E-state index contributed by atoms with van der Waals surface area (Å²) in [5.41, 5.74) is 17.0. The number of amides is 2. The van der Waals surface area contributed by atoms with Crippen LogP contribution in [-0.4, -0.2) is 86.2 Å². The van der Waals surface area contributed by atoms with Crippen molar-refractivity contribution in [3.8, 4) is 0 Å². The summed E-state index contributed by atoms with van der Waals surface area (Å²) >= 11 is 0. The van der Waals surface area contributed by atoms with E-state index in [1.807, 2.05) is 0 Å². The maximum atomic E-state index is 10.7. The normalized spacial score (nSPS) is 19.9. The summed E-state index contributed by atoms with van der Waals surface area (Å²) in [6.07, 6.45) is 3.56. The third kappa shape index (κ3) is 8.53. The first kappa shape index (κ1) is 31.1. The van der Waals surface area contributed by atoms with E-state index in [-0.39, 0.29) is 11.5 Å². The first-order valence-corrected chi connectivity index (χ1v) is 13.0. The summed E-state index contributed by atoms with van der Waals surface area (Å²) in [5.74, 6) is -0.741. The van der Waals surface area contributed by atoms with Crippen LogP contribution in [0.4, 0.5) is 5.82 Å². The Labute approximate surface area is 231 Å². The predicted octanol–water partition coefficient (Wildman–Crippen LogP) is -1.50. The summed E-state index contributed by atoms with van der Waals surface area (Å²) in [7, 11) is -4.72. The maximum absolute atomic E-state index is 10.7. The number of anilines is 1.